The Morgan fingerprint density at radius 3 is 2.65 bits per heavy atom. The lowest BCUT2D eigenvalue weighted by Gasteiger charge is -2.01. The van der Waals surface area contributed by atoms with E-state index in [9.17, 15) is 4.79 Å². The number of carboxylic acid groups (broad SMARTS) is 1. The first-order chi connectivity index (χ1) is 9.08. The summed E-state index contributed by atoms with van der Waals surface area (Å²) in [6.07, 6.45) is 4.88. The summed E-state index contributed by atoms with van der Waals surface area (Å²) in [5.41, 5.74) is 1.39. The molecule has 0 saturated heterocycles. The molecule has 0 unspecified atom stereocenters. The van der Waals surface area contributed by atoms with Crippen LogP contribution in [0.15, 0.2) is 41.0 Å². The van der Waals surface area contributed by atoms with Gasteiger partial charge >= 0.3 is 5.97 Å². The quantitative estimate of drug-likeness (QED) is 0.840. The highest BCUT2D eigenvalue weighted by atomic mass is 79.9. The Morgan fingerprint density at radius 1 is 1.30 bits per heavy atom. The van der Waals surface area contributed by atoms with Gasteiger partial charge in [-0.2, -0.15) is 0 Å². The molecule has 1 heterocycles. The first kappa shape index (κ1) is 16.7. The molecule has 0 radical (unpaired) electrons. The van der Waals surface area contributed by atoms with E-state index in [2.05, 4.69) is 20.9 Å². The van der Waals surface area contributed by atoms with Crippen LogP contribution in [0.3, 0.4) is 0 Å². The molecule has 0 saturated carbocycles. The van der Waals surface area contributed by atoms with Crippen molar-refractivity contribution in [2.45, 2.75) is 0 Å². The second-order valence-electron chi connectivity index (χ2n) is 3.75. The third kappa shape index (κ3) is 4.07. The van der Waals surface area contributed by atoms with E-state index < -0.39 is 5.97 Å². The maximum absolute atomic E-state index is 11.1. The van der Waals surface area contributed by atoms with Gasteiger partial charge in [-0.3, -0.25) is 4.98 Å². The number of carbonyl (C=O) groups is 1. The highest BCUT2D eigenvalue weighted by Crippen LogP contribution is 2.20. The Labute approximate surface area is 135 Å². The van der Waals surface area contributed by atoms with Crippen LogP contribution in [0.25, 0.3) is 12.2 Å². The molecule has 0 spiro atoms. The van der Waals surface area contributed by atoms with E-state index in [-0.39, 0.29) is 18.0 Å². The lowest BCUT2D eigenvalue weighted by Crippen LogP contribution is -2.01. The van der Waals surface area contributed by atoms with Gasteiger partial charge < -0.3 is 5.11 Å². The molecule has 104 valence electrons. The van der Waals surface area contributed by atoms with Crippen LogP contribution in [0.4, 0.5) is 0 Å². The Bertz CT molecular complexity index is 659. The molecule has 0 amide bonds. The Morgan fingerprint density at radius 2 is 2.00 bits per heavy atom. The summed E-state index contributed by atoms with van der Waals surface area (Å²) in [6.45, 7) is 0. The zero-order chi connectivity index (χ0) is 13.8. The van der Waals surface area contributed by atoms with Gasteiger partial charge in [0.05, 0.1) is 16.3 Å². The maximum atomic E-state index is 11.1. The molecule has 0 aliphatic carbocycles. The lowest BCUT2D eigenvalue weighted by atomic mass is 10.1. The van der Waals surface area contributed by atoms with Gasteiger partial charge in [-0.15, -0.1) is 12.4 Å². The number of halogens is 3. The first-order valence-corrected chi connectivity index (χ1v) is 6.56. The van der Waals surface area contributed by atoms with Crippen molar-refractivity contribution in [2.24, 2.45) is 0 Å². The van der Waals surface area contributed by atoms with Crippen molar-refractivity contribution in [1.29, 1.82) is 0 Å². The van der Waals surface area contributed by atoms with Crippen LogP contribution in [0.1, 0.15) is 21.6 Å². The van der Waals surface area contributed by atoms with Crippen molar-refractivity contribution in [3.8, 4) is 0 Å². The van der Waals surface area contributed by atoms with E-state index in [1.165, 1.54) is 12.3 Å². The second-order valence-corrected chi connectivity index (χ2v) is 5.04. The van der Waals surface area contributed by atoms with Gasteiger partial charge in [-0.05, 0) is 23.8 Å². The van der Waals surface area contributed by atoms with Crippen molar-refractivity contribution >= 4 is 58.1 Å². The van der Waals surface area contributed by atoms with Crippen molar-refractivity contribution in [3.05, 3.63) is 62.8 Å². The fourth-order valence-corrected chi connectivity index (χ4v) is 2.11. The molecule has 0 atom stereocenters. The second kappa shape index (κ2) is 7.43. The van der Waals surface area contributed by atoms with Crippen LogP contribution in [-0.2, 0) is 0 Å². The van der Waals surface area contributed by atoms with Gasteiger partial charge in [0.2, 0.25) is 0 Å². The lowest BCUT2D eigenvalue weighted by molar-refractivity contribution is 0.0696. The smallest absolute Gasteiger partial charge is 0.337 e. The topological polar surface area (TPSA) is 50.2 Å². The number of aromatic nitrogens is 1. The molecule has 2 aromatic rings. The van der Waals surface area contributed by atoms with E-state index in [1.807, 2.05) is 24.3 Å². The number of nitrogens with zero attached hydrogens (tertiary/aromatic N) is 1. The number of pyridine rings is 1. The van der Waals surface area contributed by atoms with Gasteiger partial charge in [0.25, 0.3) is 0 Å². The van der Waals surface area contributed by atoms with Gasteiger partial charge in [-0.25, -0.2) is 4.79 Å². The molecular formula is C14H10BrCl2NO2. The minimum atomic E-state index is -1.05. The predicted octanol–water partition coefficient (Wildman–Crippen LogP) is 4.79. The maximum Gasteiger partial charge on any atom is 0.337 e. The van der Waals surface area contributed by atoms with Crippen LogP contribution >= 0.6 is 39.9 Å². The van der Waals surface area contributed by atoms with Crippen LogP contribution in [0.2, 0.25) is 5.02 Å². The van der Waals surface area contributed by atoms with Crippen LogP contribution < -0.4 is 0 Å². The molecule has 0 aliphatic rings. The fraction of sp³-hybridized carbons (Fsp3) is 0. The minimum absolute atomic E-state index is 0. The summed E-state index contributed by atoms with van der Waals surface area (Å²) in [6, 6.07) is 9.02. The zero-order valence-corrected chi connectivity index (χ0v) is 13.2. The number of hydrogen-bond acceptors (Lipinski definition) is 2. The van der Waals surface area contributed by atoms with E-state index in [0.717, 1.165) is 10.0 Å². The van der Waals surface area contributed by atoms with Crippen LogP contribution in [0, 0.1) is 0 Å². The Hall–Kier alpha value is -1.36. The van der Waals surface area contributed by atoms with Crippen molar-refractivity contribution in [3.63, 3.8) is 0 Å². The molecule has 3 nitrogen and oxygen atoms in total. The molecule has 1 aromatic carbocycles. The van der Waals surface area contributed by atoms with E-state index >= 15 is 0 Å². The SMILES string of the molecule is Cl.O=C(O)c1cc(Cl)cnc1C=Cc1ccccc1Br. The molecule has 2 rings (SSSR count). The third-order valence-electron chi connectivity index (χ3n) is 2.44. The summed E-state index contributed by atoms with van der Waals surface area (Å²) in [4.78, 5) is 15.1. The molecule has 0 fully saturated rings. The molecule has 0 bridgehead atoms. The normalized spacial score (nSPS) is 10.3. The standard InChI is InChI=1S/C14H9BrClNO2.ClH/c15-12-4-2-1-3-9(12)5-6-13-11(14(18)19)7-10(16)8-17-13;/h1-8H,(H,18,19);1H. The monoisotopic (exact) mass is 373 g/mol. The molecule has 20 heavy (non-hydrogen) atoms. The molecule has 6 heteroatoms. The summed E-state index contributed by atoms with van der Waals surface area (Å²) in [7, 11) is 0. The van der Waals surface area contributed by atoms with Gasteiger partial charge in [0.1, 0.15) is 0 Å². The molecule has 1 aromatic heterocycles. The van der Waals surface area contributed by atoms with Crippen LogP contribution in [-0.4, -0.2) is 16.1 Å². The summed E-state index contributed by atoms with van der Waals surface area (Å²) >= 11 is 9.17. The average Bonchev–Trinajstić information content (AvgIpc) is 2.38. The zero-order valence-electron chi connectivity index (χ0n) is 10.1. The number of carboxylic acids is 1. The van der Waals surface area contributed by atoms with E-state index in [1.54, 1.807) is 12.2 Å². The Balaban J connectivity index is 0.00000200. The highest BCUT2D eigenvalue weighted by molar-refractivity contribution is 9.10. The summed E-state index contributed by atoms with van der Waals surface area (Å²) in [5.74, 6) is -1.05. The predicted molar refractivity (Wildman–Crippen MR) is 86.5 cm³/mol. The van der Waals surface area contributed by atoms with Gasteiger partial charge in [-0.1, -0.05) is 51.8 Å². The first-order valence-electron chi connectivity index (χ1n) is 5.39. The highest BCUT2D eigenvalue weighted by Gasteiger charge is 2.09. The number of aromatic carboxylic acids is 1. The van der Waals surface area contributed by atoms with Gasteiger partial charge in [0, 0.05) is 10.7 Å². The van der Waals surface area contributed by atoms with Crippen molar-refractivity contribution in [2.75, 3.05) is 0 Å². The largest absolute Gasteiger partial charge is 0.478 e. The molecule has 1 N–H and O–H groups in total. The van der Waals surface area contributed by atoms with E-state index in [0.29, 0.717) is 10.7 Å². The van der Waals surface area contributed by atoms with E-state index in [4.69, 9.17) is 16.7 Å². The fourth-order valence-electron chi connectivity index (χ4n) is 1.53. The number of hydrogen-bond donors (Lipinski definition) is 1. The summed E-state index contributed by atoms with van der Waals surface area (Å²) in [5, 5.41) is 9.40. The number of rotatable bonds is 3. The van der Waals surface area contributed by atoms with Gasteiger partial charge in [0.15, 0.2) is 0 Å². The van der Waals surface area contributed by atoms with Crippen molar-refractivity contribution < 1.29 is 9.90 Å². The average molecular weight is 375 g/mol. The summed E-state index contributed by atoms with van der Waals surface area (Å²) < 4.78 is 0.928. The molecule has 0 aliphatic heterocycles. The van der Waals surface area contributed by atoms with Crippen LogP contribution in [0.5, 0.6) is 0 Å². The Kier molecular flexibility index (Phi) is 6.20. The molecular weight excluding hydrogens is 365 g/mol. The number of benzene rings is 1. The van der Waals surface area contributed by atoms with Crippen molar-refractivity contribution in [1.82, 2.24) is 4.98 Å². The third-order valence-corrected chi connectivity index (χ3v) is 3.37. The minimum Gasteiger partial charge on any atom is -0.478 e.